The van der Waals surface area contributed by atoms with Crippen molar-refractivity contribution in [1.29, 1.82) is 0 Å². The number of rotatable bonds is 4. The number of Topliss-reactive ketones (excluding diaryl/α,β-unsaturated/α-hetero) is 1. The van der Waals surface area contributed by atoms with Gasteiger partial charge in [0.2, 0.25) is 18.6 Å². The fourth-order valence-electron chi connectivity index (χ4n) is 1.51. The number of nitrogens with zero attached hydrogens (tertiary/aromatic N) is 2. The molecule has 0 fully saturated rings. The van der Waals surface area contributed by atoms with Crippen LogP contribution in [0.2, 0.25) is 0 Å². The minimum absolute atomic E-state index is 0.0371. The number of carbonyl (C=O) groups excluding carboxylic acids is 2. The summed E-state index contributed by atoms with van der Waals surface area (Å²) in [6, 6.07) is 8.98. The zero-order valence-corrected chi connectivity index (χ0v) is 9.11. The summed E-state index contributed by atoms with van der Waals surface area (Å²) in [5, 5.41) is 0. The number of benzene rings is 1. The van der Waals surface area contributed by atoms with Gasteiger partial charge in [-0.05, 0) is 0 Å². The molecule has 84 valence electrons. The first kappa shape index (κ1) is 11.1. The number of hydrogen-bond donors (Lipinski definition) is 0. The van der Waals surface area contributed by atoms with E-state index in [1.165, 1.54) is 6.20 Å². The van der Waals surface area contributed by atoms with Crippen LogP contribution in [-0.4, -0.2) is 17.1 Å². The van der Waals surface area contributed by atoms with Crippen LogP contribution >= 0.6 is 0 Å². The lowest BCUT2D eigenvalue weighted by Crippen LogP contribution is -2.41. The summed E-state index contributed by atoms with van der Waals surface area (Å²) in [6.07, 6.45) is 5.28. The number of aromatic nitrogens is 2. The van der Waals surface area contributed by atoms with E-state index in [9.17, 15) is 9.59 Å². The largest absolute Gasteiger partial charge is 0.291 e. The van der Waals surface area contributed by atoms with Crippen molar-refractivity contribution in [1.82, 2.24) is 4.98 Å². The lowest BCUT2D eigenvalue weighted by Gasteiger charge is -1.99. The highest BCUT2D eigenvalue weighted by atomic mass is 16.1. The smallest absolute Gasteiger partial charge is 0.264 e. The molecule has 0 aliphatic carbocycles. The second kappa shape index (κ2) is 5.12. The van der Waals surface area contributed by atoms with Crippen LogP contribution in [0.1, 0.15) is 20.8 Å². The topological polar surface area (TPSA) is 50.9 Å². The number of carbonyl (C=O) groups is 2. The molecule has 2 aromatic rings. The van der Waals surface area contributed by atoms with E-state index in [-0.39, 0.29) is 12.3 Å². The van der Waals surface area contributed by atoms with E-state index in [0.717, 1.165) is 0 Å². The van der Waals surface area contributed by atoms with E-state index < -0.39 is 0 Å². The SMILES string of the molecule is O=Cc1cncc[n+]1CC(=O)c1ccccc1. The van der Waals surface area contributed by atoms with Gasteiger partial charge in [0.15, 0.2) is 6.20 Å². The highest BCUT2D eigenvalue weighted by molar-refractivity contribution is 5.95. The van der Waals surface area contributed by atoms with Crippen LogP contribution in [0.4, 0.5) is 0 Å². The molecule has 4 nitrogen and oxygen atoms in total. The minimum atomic E-state index is -0.0371. The highest BCUT2D eigenvalue weighted by Crippen LogP contribution is 1.99. The van der Waals surface area contributed by atoms with Gasteiger partial charge in [0, 0.05) is 5.56 Å². The molecule has 2 rings (SSSR count). The molecule has 0 saturated heterocycles. The molecule has 1 aromatic heterocycles. The maximum Gasteiger partial charge on any atom is 0.264 e. The molecule has 17 heavy (non-hydrogen) atoms. The Morgan fingerprint density at radius 2 is 2.06 bits per heavy atom. The Morgan fingerprint density at radius 3 is 2.76 bits per heavy atom. The molecule has 0 aliphatic heterocycles. The monoisotopic (exact) mass is 227 g/mol. The van der Waals surface area contributed by atoms with Crippen LogP contribution < -0.4 is 4.57 Å². The van der Waals surface area contributed by atoms with Crippen LogP contribution in [0.15, 0.2) is 48.9 Å². The van der Waals surface area contributed by atoms with Crippen molar-refractivity contribution in [3.8, 4) is 0 Å². The molecule has 0 bridgehead atoms. The van der Waals surface area contributed by atoms with Gasteiger partial charge in [-0.25, -0.2) is 0 Å². The molecule has 1 heterocycles. The summed E-state index contributed by atoms with van der Waals surface area (Å²) in [5.41, 5.74) is 1.02. The standard InChI is InChI=1S/C13H11N2O2/c16-10-12-8-14-6-7-15(12)9-13(17)11-4-2-1-3-5-11/h1-8,10H,9H2/q+1. The fourth-order valence-corrected chi connectivity index (χ4v) is 1.51. The summed E-state index contributed by atoms with van der Waals surface area (Å²) >= 11 is 0. The number of hydrogen-bond acceptors (Lipinski definition) is 3. The number of ketones is 1. The van der Waals surface area contributed by atoms with Gasteiger partial charge in [-0.1, -0.05) is 30.3 Å². The van der Waals surface area contributed by atoms with Crippen LogP contribution in [0, 0.1) is 0 Å². The first-order valence-electron chi connectivity index (χ1n) is 5.18. The molecule has 4 heteroatoms. The van der Waals surface area contributed by atoms with Gasteiger partial charge in [0.25, 0.3) is 5.69 Å². The third-order valence-electron chi connectivity index (χ3n) is 2.40. The third-order valence-corrected chi connectivity index (χ3v) is 2.40. The van der Waals surface area contributed by atoms with Gasteiger partial charge in [-0.15, -0.1) is 0 Å². The van der Waals surface area contributed by atoms with E-state index in [2.05, 4.69) is 4.98 Å². The van der Waals surface area contributed by atoms with E-state index >= 15 is 0 Å². The molecule has 0 aliphatic rings. The van der Waals surface area contributed by atoms with Crippen LogP contribution in [0.25, 0.3) is 0 Å². The Hall–Kier alpha value is -2.36. The molecular formula is C13H11N2O2+. The summed E-state index contributed by atoms with van der Waals surface area (Å²) < 4.78 is 1.58. The van der Waals surface area contributed by atoms with Gasteiger partial charge in [0.1, 0.15) is 6.20 Å². The van der Waals surface area contributed by atoms with Crippen molar-refractivity contribution in [3.63, 3.8) is 0 Å². The molecule has 0 amide bonds. The molecule has 0 atom stereocenters. The average molecular weight is 227 g/mol. The van der Waals surface area contributed by atoms with E-state index in [4.69, 9.17) is 0 Å². The van der Waals surface area contributed by atoms with Crippen molar-refractivity contribution >= 4 is 12.1 Å². The van der Waals surface area contributed by atoms with Gasteiger partial charge >= 0.3 is 0 Å². The summed E-state index contributed by atoms with van der Waals surface area (Å²) in [7, 11) is 0. The third kappa shape index (κ3) is 2.60. The first-order chi connectivity index (χ1) is 8.31. The van der Waals surface area contributed by atoms with Gasteiger partial charge in [0.05, 0.1) is 6.20 Å². The van der Waals surface area contributed by atoms with E-state index in [0.29, 0.717) is 17.5 Å². The molecule has 0 radical (unpaired) electrons. The fraction of sp³-hybridized carbons (Fsp3) is 0.0769. The summed E-state index contributed by atoms with van der Waals surface area (Å²) in [5.74, 6) is -0.0371. The second-order valence-corrected chi connectivity index (χ2v) is 3.54. The summed E-state index contributed by atoms with van der Waals surface area (Å²) in [4.78, 5) is 26.5. The van der Waals surface area contributed by atoms with Crippen molar-refractivity contribution in [2.75, 3.05) is 0 Å². The summed E-state index contributed by atoms with van der Waals surface area (Å²) in [6.45, 7) is 0.139. The van der Waals surface area contributed by atoms with Crippen molar-refractivity contribution < 1.29 is 14.2 Å². The highest BCUT2D eigenvalue weighted by Gasteiger charge is 2.15. The molecule has 0 spiro atoms. The predicted octanol–water partition coefficient (Wildman–Crippen LogP) is 1.06. The predicted molar refractivity (Wildman–Crippen MR) is 60.6 cm³/mol. The zero-order chi connectivity index (χ0) is 12.1. The maximum atomic E-state index is 11.9. The Morgan fingerprint density at radius 1 is 1.29 bits per heavy atom. The van der Waals surface area contributed by atoms with Crippen LogP contribution in [0.5, 0.6) is 0 Å². The zero-order valence-electron chi connectivity index (χ0n) is 9.11. The Balaban J connectivity index is 2.22. The second-order valence-electron chi connectivity index (χ2n) is 3.54. The molecule has 1 aromatic carbocycles. The van der Waals surface area contributed by atoms with E-state index in [1.807, 2.05) is 18.2 Å². The number of aldehydes is 1. The Labute approximate surface area is 98.6 Å². The van der Waals surface area contributed by atoms with Gasteiger partial charge in [-0.2, -0.15) is 4.57 Å². The molecule has 0 saturated carbocycles. The lowest BCUT2D eigenvalue weighted by atomic mass is 10.1. The van der Waals surface area contributed by atoms with Gasteiger partial charge in [-0.3, -0.25) is 14.6 Å². The minimum Gasteiger partial charge on any atom is -0.291 e. The lowest BCUT2D eigenvalue weighted by molar-refractivity contribution is -0.685. The average Bonchev–Trinajstić information content (AvgIpc) is 2.40. The first-order valence-corrected chi connectivity index (χ1v) is 5.18. The molecule has 0 unspecified atom stereocenters. The maximum absolute atomic E-state index is 11.9. The van der Waals surface area contributed by atoms with Crippen molar-refractivity contribution in [2.45, 2.75) is 6.54 Å². The van der Waals surface area contributed by atoms with Crippen LogP contribution in [-0.2, 0) is 6.54 Å². The quantitative estimate of drug-likeness (QED) is 0.446. The Kier molecular flexibility index (Phi) is 3.35. The molecular weight excluding hydrogens is 216 g/mol. The van der Waals surface area contributed by atoms with Crippen molar-refractivity contribution in [2.24, 2.45) is 0 Å². The van der Waals surface area contributed by atoms with Gasteiger partial charge < -0.3 is 0 Å². The Bertz CT molecular complexity index is 538. The molecule has 0 N–H and O–H groups in total. The van der Waals surface area contributed by atoms with Crippen LogP contribution in [0.3, 0.4) is 0 Å². The normalized spacial score (nSPS) is 9.88. The van der Waals surface area contributed by atoms with Crippen molar-refractivity contribution in [3.05, 3.63) is 60.2 Å². The van der Waals surface area contributed by atoms with E-state index in [1.54, 1.807) is 29.1 Å².